The van der Waals surface area contributed by atoms with E-state index in [2.05, 4.69) is 70.9 Å². The van der Waals surface area contributed by atoms with Gasteiger partial charge in [0.25, 0.3) is 0 Å². The van der Waals surface area contributed by atoms with Gasteiger partial charge in [-0.2, -0.15) is 15.3 Å². The zero-order valence-corrected chi connectivity index (χ0v) is 46.2. The number of anilines is 3. The number of aryl methyl sites for hydroxylation is 4. The average molecular weight is 1060 g/mol. The molecular formula is C53H81N15O8. The number of aldehydes is 5. The van der Waals surface area contributed by atoms with Gasteiger partial charge in [-0.05, 0) is 112 Å². The van der Waals surface area contributed by atoms with Crippen LogP contribution in [-0.2, 0) is 29.2 Å². The Morgan fingerprint density at radius 2 is 1.16 bits per heavy atom. The number of methoxy groups -OCH3 is 2. The van der Waals surface area contributed by atoms with Crippen LogP contribution in [0.1, 0.15) is 73.3 Å². The molecule has 0 saturated heterocycles. The fraction of sp³-hybridized carbons (Fsp3) is 0.396. The van der Waals surface area contributed by atoms with Crippen molar-refractivity contribution in [3.8, 4) is 11.5 Å². The van der Waals surface area contributed by atoms with Crippen LogP contribution >= 0.6 is 0 Å². The molecule has 0 unspecified atom stereocenters. The van der Waals surface area contributed by atoms with Crippen molar-refractivity contribution in [3.05, 3.63) is 107 Å². The number of nitrogens with two attached hydrogens (primary N) is 2. The molecule has 5 rings (SSSR count). The monoisotopic (exact) mass is 1060 g/mol. The maximum Gasteiger partial charge on any atom is 0.168 e. The molecule has 0 bridgehead atoms. The van der Waals surface area contributed by atoms with Crippen LogP contribution in [0.25, 0.3) is 0 Å². The van der Waals surface area contributed by atoms with E-state index in [4.69, 9.17) is 9.47 Å². The average Bonchev–Trinajstić information content (AvgIpc) is 4.19. The van der Waals surface area contributed by atoms with E-state index >= 15 is 0 Å². The maximum atomic E-state index is 11.8. The van der Waals surface area contributed by atoms with E-state index in [0.717, 1.165) is 61.6 Å². The molecule has 3 heterocycles. The third-order valence-corrected chi connectivity index (χ3v) is 9.86. The normalized spacial score (nSPS) is 10.1. The maximum absolute atomic E-state index is 11.8. The highest BCUT2D eigenvalue weighted by Crippen LogP contribution is 2.40. The molecule has 0 aliphatic rings. The van der Waals surface area contributed by atoms with Gasteiger partial charge < -0.3 is 56.2 Å². The SMILES string of the molecule is C=Nc1cc(C=O)cc(OC)c1N(C/C=C/CN(CNC)c1c(N=C)cc(C=O)cc1OC/C=C/Cn1cc(NCCC=O)cn1)CNC.CCn1nc(C)cc1C=O.CCn1nc(C)cc1C=O.CN.CN.COC. The number of benzene rings is 2. The number of carbonyl (C=O) groups is 5. The molecule has 0 fully saturated rings. The minimum atomic E-state index is 0.240. The first-order valence-corrected chi connectivity index (χ1v) is 24.1. The number of hydrogen-bond donors (Lipinski definition) is 5. The molecule has 23 nitrogen and oxygen atoms in total. The molecule has 0 atom stereocenters. The third kappa shape index (κ3) is 23.5. The predicted octanol–water partition coefficient (Wildman–Crippen LogP) is 5.50. The van der Waals surface area contributed by atoms with Crippen molar-refractivity contribution in [1.29, 1.82) is 0 Å². The minimum Gasteiger partial charge on any atom is -0.494 e. The number of hydrogen-bond acceptors (Lipinski definition) is 20. The summed E-state index contributed by atoms with van der Waals surface area (Å²) < 4.78 is 21.2. The quantitative estimate of drug-likeness (QED) is 0.0136. The van der Waals surface area contributed by atoms with Crippen LogP contribution in [0.5, 0.6) is 11.5 Å². The first kappa shape index (κ1) is 68.0. The third-order valence-electron chi connectivity index (χ3n) is 9.86. The van der Waals surface area contributed by atoms with E-state index in [1.807, 2.05) is 82.1 Å². The van der Waals surface area contributed by atoms with Crippen molar-refractivity contribution in [2.75, 3.05) is 104 Å². The van der Waals surface area contributed by atoms with Crippen molar-refractivity contribution in [3.63, 3.8) is 0 Å². The van der Waals surface area contributed by atoms with E-state index in [1.165, 1.54) is 14.1 Å². The highest BCUT2D eigenvalue weighted by molar-refractivity contribution is 5.87. The van der Waals surface area contributed by atoms with Gasteiger partial charge in [0.05, 0.1) is 61.6 Å². The largest absolute Gasteiger partial charge is 0.494 e. The topological polar surface area (TPSA) is 286 Å². The van der Waals surface area contributed by atoms with Gasteiger partial charge in [0.2, 0.25) is 0 Å². The number of nitrogens with zero attached hydrogens (tertiary/aromatic N) is 10. The molecule has 0 amide bonds. The number of nitrogens with one attached hydrogen (secondary N) is 3. The summed E-state index contributed by atoms with van der Waals surface area (Å²) in [5.41, 5.74) is 16.2. The molecule has 0 aliphatic carbocycles. The summed E-state index contributed by atoms with van der Waals surface area (Å²) in [5, 5.41) is 22.0. The zero-order chi connectivity index (χ0) is 57.3. The van der Waals surface area contributed by atoms with Crippen LogP contribution in [0.4, 0.5) is 28.4 Å². The van der Waals surface area contributed by atoms with Gasteiger partial charge in [-0.3, -0.25) is 43.2 Å². The first-order valence-electron chi connectivity index (χ1n) is 24.1. The van der Waals surface area contributed by atoms with E-state index < -0.39 is 0 Å². The van der Waals surface area contributed by atoms with Crippen LogP contribution < -0.4 is 46.7 Å². The Bertz CT molecular complexity index is 2480. The van der Waals surface area contributed by atoms with Gasteiger partial charge in [0.15, 0.2) is 12.6 Å². The number of allylic oxidation sites excluding steroid dienone is 1. The molecule has 2 aromatic carbocycles. The number of carbonyl (C=O) groups excluding carboxylic acids is 5. The predicted molar refractivity (Wildman–Crippen MR) is 306 cm³/mol. The fourth-order valence-electron chi connectivity index (χ4n) is 6.81. The van der Waals surface area contributed by atoms with Crippen molar-refractivity contribution in [1.82, 2.24) is 40.0 Å². The molecule has 76 heavy (non-hydrogen) atoms. The summed E-state index contributed by atoms with van der Waals surface area (Å²) in [6.45, 7) is 19.8. The standard InChI is InChI=1S/C35H45N9O5.2C7H10N2O.C2H6O.2CH5N/c1-36-25-42(34-30(38-3)17-27(23-46)19-32(34)48-5)12-6-7-13-43(26-37-2)35-31(39-4)18-28(24-47)20-33(35)49-16-9-8-14-44-22-29(21-41-44)40-11-10-15-45;2*1-3-9-7(5-10)4-6(2)8-9;1-3-2;2*1-2/h6-9,15,17-24,36-37,40H,3-4,10-14,16,25-26H2,1-2,5H3;2*4-5H,3H2,1-2H3;1-2H3;2*2H2,1H3/b7-6+,9-8+;;;;;. The van der Waals surface area contributed by atoms with Crippen molar-refractivity contribution < 1.29 is 38.2 Å². The molecule has 0 saturated carbocycles. The van der Waals surface area contributed by atoms with E-state index in [9.17, 15) is 24.0 Å². The second kappa shape index (κ2) is 41.4. The second-order valence-electron chi connectivity index (χ2n) is 15.3. The summed E-state index contributed by atoms with van der Waals surface area (Å²) in [7, 11) is 11.5. The van der Waals surface area contributed by atoms with E-state index in [-0.39, 0.29) is 6.61 Å². The first-order chi connectivity index (χ1) is 36.9. The Morgan fingerprint density at radius 1 is 0.684 bits per heavy atom. The Hall–Kier alpha value is -7.96. The highest BCUT2D eigenvalue weighted by Gasteiger charge is 2.19. The Morgan fingerprint density at radius 3 is 1.55 bits per heavy atom. The lowest BCUT2D eigenvalue weighted by Gasteiger charge is -2.28. The Labute approximate surface area is 448 Å². The van der Waals surface area contributed by atoms with Gasteiger partial charge in [-0.15, -0.1) is 0 Å². The number of rotatable bonds is 28. The van der Waals surface area contributed by atoms with Gasteiger partial charge in [0, 0.05) is 70.7 Å². The Kier molecular flexibility index (Phi) is 37.1. The molecule has 3 aromatic heterocycles. The zero-order valence-electron chi connectivity index (χ0n) is 46.2. The summed E-state index contributed by atoms with van der Waals surface area (Å²) in [6.07, 6.45) is 15.8. The molecule has 0 aliphatic heterocycles. The highest BCUT2D eigenvalue weighted by atomic mass is 16.5. The lowest BCUT2D eigenvalue weighted by Crippen LogP contribution is -2.34. The van der Waals surface area contributed by atoms with Crippen LogP contribution in [0.3, 0.4) is 0 Å². The van der Waals surface area contributed by atoms with Crippen molar-refractivity contribution in [2.24, 2.45) is 21.5 Å². The van der Waals surface area contributed by atoms with Gasteiger partial charge >= 0.3 is 0 Å². The number of aromatic nitrogens is 6. The van der Waals surface area contributed by atoms with Crippen LogP contribution in [0.2, 0.25) is 0 Å². The van der Waals surface area contributed by atoms with Gasteiger partial charge in [-0.1, -0.05) is 18.2 Å². The molecule has 0 spiro atoms. The molecule has 0 radical (unpaired) electrons. The summed E-state index contributed by atoms with van der Waals surface area (Å²) in [6, 6.07) is 10.3. The lowest BCUT2D eigenvalue weighted by molar-refractivity contribution is -0.107. The Balaban J connectivity index is 0.00000168. The summed E-state index contributed by atoms with van der Waals surface area (Å²) in [4.78, 5) is 66.9. The fourth-order valence-corrected chi connectivity index (χ4v) is 6.81. The van der Waals surface area contributed by atoms with Crippen LogP contribution in [-0.4, -0.2) is 163 Å². The molecule has 23 heteroatoms. The second-order valence-corrected chi connectivity index (χ2v) is 15.3. The van der Waals surface area contributed by atoms with E-state index in [0.29, 0.717) is 103 Å². The molecule has 7 N–H and O–H groups in total. The van der Waals surface area contributed by atoms with Crippen molar-refractivity contribution >= 4 is 73.3 Å². The van der Waals surface area contributed by atoms with Crippen LogP contribution in [0.15, 0.2) is 83.1 Å². The minimum absolute atomic E-state index is 0.240. The van der Waals surface area contributed by atoms with Gasteiger partial charge in [0.1, 0.15) is 59.7 Å². The van der Waals surface area contributed by atoms with Gasteiger partial charge in [-0.25, -0.2) is 0 Å². The van der Waals surface area contributed by atoms with Crippen LogP contribution in [0, 0.1) is 13.8 Å². The van der Waals surface area contributed by atoms with Crippen molar-refractivity contribution in [2.45, 2.75) is 53.8 Å². The summed E-state index contributed by atoms with van der Waals surface area (Å²) >= 11 is 0. The number of aliphatic imine (C=N–C) groups is 2. The number of ether oxygens (including phenoxy) is 3. The lowest BCUT2D eigenvalue weighted by atomic mass is 10.1. The van der Waals surface area contributed by atoms with E-state index in [1.54, 1.807) is 78.0 Å². The molecule has 5 aromatic rings. The summed E-state index contributed by atoms with van der Waals surface area (Å²) in [5.74, 6) is 0.997. The molecule has 416 valence electrons. The molecular weight excluding hydrogens is 975 g/mol. The smallest absolute Gasteiger partial charge is 0.168 e.